The molecule has 0 saturated heterocycles. The number of methoxy groups -OCH3 is 1. The van der Waals surface area contributed by atoms with Gasteiger partial charge in [0.1, 0.15) is 10.6 Å². The van der Waals surface area contributed by atoms with Crippen molar-refractivity contribution in [2.75, 3.05) is 11.4 Å². The highest BCUT2D eigenvalue weighted by Gasteiger charge is 2.37. The van der Waals surface area contributed by atoms with Crippen molar-refractivity contribution in [2.24, 2.45) is 0 Å². The molecule has 0 amide bonds. The zero-order chi connectivity index (χ0) is 17.5. The fourth-order valence-corrected chi connectivity index (χ4v) is 5.15. The SMILES string of the molecule is COc1ccc(C(C)C)cc1S(=O)(=O)N1c2ccccc2C[C@H]1C. The number of hydrogen-bond acceptors (Lipinski definition) is 3. The number of anilines is 1. The summed E-state index contributed by atoms with van der Waals surface area (Å²) in [6.45, 7) is 6.04. The smallest absolute Gasteiger partial charge is 0.268 e. The Kier molecular flexibility index (Phi) is 4.30. The van der Waals surface area contributed by atoms with Crippen molar-refractivity contribution in [3.63, 3.8) is 0 Å². The molecule has 3 rings (SSSR count). The van der Waals surface area contributed by atoms with Crippen LogP contribution < -0.4 is 9.04 Å². The predicted octanol–water partition coefficient (Wildman–Crippen LogP) is 3.96. The Balaban J connectivity index is 2.17. The lowest BCUT2D eigenvalue weighted by Gasteiger charge is -2.26. The summed E-state index contributed by atoms with van der Waals surface area (Å²) in [6, 6.07) is 13.0. The van der Waals surface area contributed by atoms with Crippen LogP contribution in [0.1, 0.15) is 37.8 Å². The highest BCUT2D eigenvalue weighted by atomic mass is 32.2. The minimum atomic E-state index is -3.69. The van der Waals surface area contributed by atoms with Crippen molar-refractivity contribution >= 4 is 15.7 Å². The van der Waals surface area contributed by atoms with E-state index in [2.05, 4.69) is 0 Å². The molecule has 24 heavy (non-hydrogen) atoms. The van der Waals surface area contributed by atoms with Crippen molar-refractivity contribution in [2.45, 2.75) is 44.0 Å². The van der Waals surface area contributed by atoms with Crippen LogP contribution in [0.5, 0.6) is 5.75 Å². The van der Waals surface area contributed by atoms with Gasteiger partial charge in [0.25, 0.3) is 10.0 Å². The summed E-state index contributed by atoms with van der Waals surface area (Å²) < 4.78 is 33.7. The van der Waals surface area contributed by atoms with E-state index in [1.54, 1.807) is 12.1 Å². The third-order valence-electron chi connectivity index (χ3n) is 4.54. The van der Waals surface area contributed by atoms with E-state index in [4.69, 9.17) is 4.74 Å². The average molecular weight is 345 g/mol. The number of ether oxygens (including phenoxy) is 1. The maximum atomic E-state index is 13.4. The van der Waals surface area contributed by atoms with Crippen LogP contribution in [0.2, 0.25) is 0 Å². The quantitative estimate of drug-likeness (QED) is 0.843. The van der Waals surface area contributed by atoms with Gasteiger partial charge in [0, 0.05) is 6.04 Å². The van der Waals surface area contributed by atoms with Gasteiger partial charge in [-0.05, 0) is 48.6 Å². The van der Waals surface area contributed by atoms with E-state index in [9.17, 15) is 8.42 Å². The summed E-state index contributed by atoms with van der Waals surface area (Å²) in [5.41, 5.74) is 2.81. The number of nitrogens with zero attached hydrogens (tertiary/aromatic N) is 1. The molecule has 0 saturated carbocycles. The first kappa shape index (κ1) is 16.8. The summed E-state index contributed by atoms with van der Waals surface area (Å²) >= 11 is 0. The molecular weight excluding hydrogens is 322 g/mol. The minimum absolute atomic E-state index is 0.111. The molecule has 0 radical (unpaired) electrons. The van der Waals surface area contributed by atoms with Crippen LogP contribution in [0, 0.1) is 0 Å². The normalized spacial score (nSPS) is 17.2. The Hall–Kier alpha value is -2.01. The molecule has 1 heterocycles. The van der Waals surface area contributed by atoms with E-state index in [-0.39, 0.29) is 16.9 Å². The van der Waals surface area contributed by atoms with Gasteiger partial charge in [-0.1, -0.05) is 38.1 Å². The first-order valence-electron chi connectivity index (χ1n) is 8.16. The first-order valence-corrected chi connectivity index (χ1v) is 9.60. The van der Waals surface area contributed by atoms with Gasteiger partial charge in [-0.15, -0.1) is 0 Å². The lowest BCUT2D eigenvalue weighted by molar-refractivity contribution is 0.402. The molecule has 1 aliphatic heterocycles. The summed E-state index contributed by atoms with van der Waals surface area (Å²) in [7, 11) is -2.19. The molecule has 0 spiro atoms. The maximum absolute atomic E-state index is 13.4. The second-order valence-electron chi connectivity index (χ2n) is 6.55. The van der Waals surface area contributed by atoms with Gasteiger partial charge in [0.2, 0.25) is 0 Å². The standard InChI is InChI=1S/C19H23NO3S/c1-13(2)15-9-10-18(23-4)19(12-15)24(21,22)20-14(3)11-16-7-5-6-8-17(16)20/h5-10,12-14H,11H2,1-4H3/t14-/m1/s1. The van der Waals surface area contributed by atoms with E-state index < -0.39 is 10.0 Å². The van der Waals surface area contributed by atoms with Crippen LogP contribution in [-0.4, -0.2) is 21.6 Å². The molecule has 0 bridgehead atoms. The molecule has 2 aromatic rings. The van der Waals surface area contributed by atoms with Crippen LogP contribution in [0.4, 0.5) is 5.69 Å². The van der Waals surface area contributed by atoms with Gasteiger partial charge in [0.15, 0.2) is 0 Å². The Morgan fingerprint density at radius 2 is 1.88 bits per heavy atom. The molecule has 0 fully saturated rings. The summed E-state index contributed by atoms with van der Waals surface area (Å²) in [5.74, 6) is 0.629. The average Bonchev–Trinajstić information content (AvgIpc) is 2.90. The molecule has 0 unspecified atom stereocenters. The fourth-order valence-electron chi connectivity index (χ4n) is 3.26. The third-order valence-corrected chi connectivity index (χ3v) is 6.49. The Bertz CT molecular complexity index is 859. The van der Waals surface area contributed by atoms with Crippen molar-refractivity contribution in [1.82, 2.24) is 0 Å². The number of hydrogen-bond donors (Lipinski definition) is 0. The molecule has 0 aliphatic carbocycles. The summed E-state index contributed by atoms with van der Waals surface area (Å²) in [5, 5.41) is 0. The number of fused-ring (bicyclic) bond motifs is 1. The van der Waals surface area contributed by atoms with E-state index in [1.165, 1.54) is 11.4 Å². The lowest BCUT2D eigenvalue weighted by atomic mass is 10.0. The van der Waals surface area contributed by atoms with E-state index in [0.717, 1.165) is 23.2 Å². The first-order chi connectivity index (χ1) is 11.4. The number of para-hydroxylation sites is 1. The molecular formula is C19H23NO3S. The summed E-state index contributed by atoms with van der Waals surface area (Å²) in [4.78, 5) is 0.236. The van der Waals surface area contributed by atoms with Crippen LogP contribution in [0.3, 0.4) is 0 Å². The minimum Gasteiger partial charge on any atom is -0.495 e. The van der Waals surface area contributed by atoms with Crippen LogP contribution in [-0.2, 0) is 16.4 Å². The Labute approximate surface area is 144 Å². The molecule has 1 aliphatic rings. The van der Waals surface area contributed by atoms with Crippen molar-refractivity contribution < 1.29 is 13.2 Å². The highest BCUT2D eigenvalue weighted by molar-refractivity contribution is 7.93. The molecule has 0 aromatic heterocycles. The second-order valence-corrected chi connectivity index (χ2v) is 8.33. The van der Waals surface area contributed by atoms with Crippen molar-refractivity contribution in [3.8, 4) is 5.75 Å². The molecule has 1 atom stereocenters. The zero-order valence-electron chi connectivity index (χ0n) is 14.5. The van der Waals surface area contributed by atoms with E-state index in [1.807, 2.05) is 51.1 Å². The predicted molar refractivity (Wildman–Crippen MR) is 96.4 cm³/mol. The highest BCUT2D eigenvalue weighted by Crippen LogP contribution is 2.39. The molecule has 5 heteroatoms. The number of sulfonamides is 1. The van der Waals surface area contributed by atoms with Gasteiger partial charge in [-0.3, -0.25) is 4.31 Å². The van der Waals surface area contributed by atoms with Crippen LogP contribution in [0.25, 0.3) is 0 Å². The van der Waals surface area contributed by atoms with Gasteiger partial charge < -0.3 is 4.74 Å². The fraction of sp³-hybridized carbons (Fsp3) is 0.368. The Morgan fingerprint density at radius 3 is 2.54 bits per heavy atom. The van der Waals surface area contributed by atoms with Crippen LogP contribution in [0.15, 0.2) is 47.4 Å². The van der Waals surface area contributed by atoms with Gasteiger partial charge in [-0.2, -0.15) is 0 Å². The summed E-state index contributed by atoms with van der Waals surface area (Å²) in [6.07, 6.45) is 0.724. The Morgan fingerprint density at radius 1 is 1.17 bits per heavy atom. The van der Waals surface area contributed by atoms with E-state index in [0.29, 0.717) is 5.75 Å². The maximum Gasteiger partial charge on any atom is 0.268 e. The molecule has 4 nitrogen and oxygen atoms in total. The van der Waals surface area contributed by atoms with Crippen molar-refractivity contribution in [1.29, 1.82) is 0 Å². The largest absolute Gasteiger partial charge is 0.495 e. The number of rotatable bonds is 4. The van der Waals surface area contributed by atoms with Crippen LogP contribution >= 0.6 is 0 Å². The lowest BCUT2D eigenvalue weighted by Crippen LogP contribution is -2.36. The van der Waals surface area contributed by atoms with Crippen molar-refractivity contribution in [3.05, 3.63) is 53.6 Å². The molecule has 128 valence electrons. The zero-order valence-corrected chi connectivity index (χ0v) is 15.3. The number of benzene rings is 2. The molecule has 2 aromatic carbocycles. The molecule has 0 N–H and O–H groups in total. The monoisotopic (exact) mass is 345 g/mol. The van der Waals surface area contributed by atoms with Gasteiger partial charge in [-0.25, -0.2) is 8.42 Å². The third kappa shape index (κ3) is 2.67. The second kappa shape index (κ2) is 6.13. The topological polar surface area (TPSA) is 46.6 Å². The van der Waals surface area contributed by atoms with E-state index >= 15 is 0 Å². The van der Waals surface area contributed by atoms with Gasteiger partial charge >= 0.3 is 0 Å². The van der Waals surface area contributed by atoms with Gasteiger partial charge in [0.05, 0.1) is 12.8 Å².